The van der Waals surface area contributed by atoms with Crippen molar-refractivity contribution in [3.8, 4) is 0 Å². The van der Waals surface area contributed by atoms with Crippen LogP contribution in [0.3, 0.4) is 0 Å². The maximum absolute atomic E-state index is 13.1. The summed E-state index contributed by atoms with van der Waals surface area (Å²) < 4.78 is 5.75. The molecule has 3 rings (SSSR count). The predicted molar refractivity (Wildman–Crippen MR) is 107 cm³/mol. The molecule has 0 aromatic carbocycles. The zero-order chi connectivity index (χ0) is 19.4. The summed E-state index contributed by atoms with van der Waals surface area (Å²) >= 11 is 0. The Morgan fingerprint density at radius 2 is 1.96 bits per heavy atom. The van der Waals surface area contributed by atoms with E-state index in [1.54, 1.807) is 0 Å². The molecule has 0 bridgehead atoms. The second-order valence-electron chi connectivity index (χ2n) is 8.18. The molecular formula is C21H36N4O2. The highest BCUT2D eigenvalue weighted by atomic mass is 16.4. The summed E-state index contributed by atoms with van der Waals surface area (Å²) in [6.45, 7) is 13.8. The smallest absolute Gasteiger partial charge is 0.239 e. The number of nitrogens with zero attached hydrogens (tertiary/aromatic N) is 4. The standard InChI is InChI=1S/C21H36N4O2/c1-5-19-9-6-7-12-25(19)21(26)17(3)24-11-8-10-23(13-14-24)15-20-22-16(2)18(4)27-20/h17,19H,5-15H2,1-4H3. The number of amides is 1. The number of oxazole rings is 1. The van der Waals surface area contributed by atoms with Crippen molar-refractivity contribution >= 4 is 5.91 Å². The first-order valence-corrected chi connectivity index (χ1v) is 10.7. The van der Waals surface area contributed by atoms with Gasteiger partial charge in [0, 0.05) is 32.2 Å². The topological polar surface area (TPSA) is 52.8 Å². The normalized spacial score (nSPS) is 24.0. The molecule has 2 fully saturated rings. The molecule has 1 amide bonds. The Balaban J connectivity index is 1.55. The van der Waals surface area contributed by atoms with Crippen LogP contribution in [-0.4, -0.2) is 70.4 Å². The number of aryl methyl sites for hydroxylation is 2. The van der Waals surface area contributed by atoms with Gasteiger partial charge in [-0.1, -0.05) is 6.92 Å². The fraction of sp³-hybridized carbons (Fsp3) is 0.810. The molecule has 0 aliphatic carbocycles. The molecule has 152 valence electrons. The van der Waals surface area contributed by atoms with Crippen molar-refractivity contribution in [3.63, 3.8) is 0 Å². The maximum atomic E-state index is 13.1. The average molecular weight is 377 g/mol. The first-order chi connectivity index (χ1) is 13.0. The van der Waals surface area contributed by atoms with E-state index in [0.717, 1.165) is 82.3 Å². The molecule has 2 aliphatic rings. The minimum atomic E-state index is -0.0247. The molecule has 2 atom stereocenters. The highest BCUT2D eigenvalue weighted by Crippen LogP contribution is 2.22. The van der Waals surface area contributed by atoms with Gasteiger partial charge in [-0.25, -0.2) is 4.98 Å². The Morgan fingerprint density at radius 3 is 2.67 bits per heavy atom. The fourth-order valence-electron chi connectivity index (χ4n) is 4.45. The van der Waals surface area contributed by atoms with E-state index in [1.165, 1.54) is 6.42 Å². The summed E-state index contributed by atoms with van der Waals surface area (Å²) in [5.74, 6) is 2.04. The van der Waals surface area contributed by atoms with Crippen LogP contribution in [0.4, 0.5) is 0 Å². The van der Waals surface area contributed by atoms with Gasteiger partial charge < -0.3 is 9.32 Å². The van der Waals surface area contributed by atoms with Crippen molar-refractivity contribution < 1.29 is 9.21 Å². The van der Waals surface area contributed by atoms with E-state index >= 15 is 0 Å². The Hall–Kier alpha value is -1.40. The lowest BCUT2D eigenvalue weighted by Crippen LogP contribution is -2.52. The summed E-state index contributed by atoms with van der Waals surface area (Å²) in [6, 6.07) is 0.414. The van der Waals surface area contributed by atoms with Crippen molar-refractivity contribution in [2.75, 3.05) is 32.7 Å². The van der Waals surface area contributed by atoms with E-state index in [-0.39, 0.29) is 6.04 Å². The quantitative estimate of drug-likeness (QED) is 0.791. The molecule has 6 nitrogen and oxygen atoms in total. The summed E-state index contributed by atoms with van der Waals surface area (Å²) in [5.41, 5.74) is 0.979. The summed E-state index contributed by atoms with van der Waals surface area (Å²) in [5, 5.41) is 0. The molecule has 6 heteroatoms. The minimum absolute atomic E-state index is 0.0247. The molecule has 2 aliphatic heterocycles. The Bertz CT molecular complexity index is 610. The molecule has 0 N–H and O–H groups in total. The monoisotopic (exact) mass is 376 g/mol. The van der Waals surface area contributed by atoms with E-state index in [4.69, 9.17) is 4.42 Å². The molecule has 0 spiro atoms. The van der Waals surface area contributed by atoms with Crippen molar-refractivity contribution in [1.82, 2.24) is 19.7 Å². The van der Waals surface area contributed by atoms with E-state index in [9.17, 15) is 4.79 Å². The van der Waals surface area contributed by atoms with Crippen molar-refractivity contribution in [1.29, 1.82) is 0 Å². The number of carbonyl (C=O) groups is 1. The molecule has 0 radical (unpaired) electrons. The number of carbonyl (C=O) groups excluding carboxylic acids is 1. The fourth-order valence-corrected chi connectivity index (χ4v) is 4.45. The summed E-state index contributed by atoms with van der Waals surface area (Å²) in [4.78, 5) is 24.6. The van der Waals surface area contributed by atoms with Crippen LogP contribution in [0.2, 0.25) is 0 Å². The molecule has 27 heavy (non-hydrogen) atoms. The Kier molecular flexibility index (Phi) is 6.93. The van der Waals surface area contributed by atoms with Gasteiger partial charge in [-0.3, -0.25) is 14.6 Å². The van der Waals surface area contributed by atoms with Gasteiger partial charge in [0.05, 0.1) is 18.3 Å². The molecule has 1 aromatic rings. The second-order valence-corrected chi connectivity index (χ2v) is 8.18. The van der Waals surface area contributed by atoms with Crippen molar-refractivity contribution in [2.24, 2.45) is 0 Å². The Labute approximate surface area is 163 Å². The van der Waals surface area contributed by atoms with Crippen LogP contribution in [0.25, 0.3) is 0 Å². The van der Waals surface area contributed by atoms with Crippen molar-refractivity contribution in [3.05, 3.63) is 17.3 Å². The lowest BCUT2D eigenvalue weighted by atomic mass is 9.99. The first-order valence-electron chi connectivity index (χ1n) is 10.7. The zero-order valence-electron chi connectivity index (χ0n) is 17.5. The van der Waals surface area contributed by atoms with Crippen LogP contribution < -0.4 is 0 Å². The number of likely N-dealkylation sites (tertiary alicyclic amines) is 1. The van der Waals surface area contributed by atoms with E-state index < -0.39 is 0 Å². The third kappa shape index (κ3) is 4.91. The number of rotatable bonds is 5. The first kappa shape index (κ1) is 20.3. The van der Waals surface area contributed by atoms with Gasteiger partial charge in [0.25, 0.3) is 0 Å². The number of hydrogen-bond acceptors (Lipinski definition) is 5. The highest BCUT2D eigenvalue weighted by molar-refractivity contribution is 5.82. The third-order valence-corrected chi connectivity index (χ3v) is 6.34. The Morgan fingerprint density at radius 1 is 1.15 bits per heavy atom. The van der Waals surface area contributed by atoms with Crippen molar-refractivity contribution in [2.45, 2.75) is 78.4 Å². The lowest BCUT2D eigenvalue weighted by molar-refractivity contribution is -0.140. The average Bonchev–Trinajstić information content (AvgIpc) is 2.86. The zero-order valence-corrected chi connectivity index (χ0v) is 17.5. The van der Waals surface area contributed by atoms with Gasteiger partial charge in [-0.05, 0) is 59.4 Å². The van der Waals surface area contributed by atoms with Gasteiger partial charge in [0.1, 0.15) is 5.76 Å². The molecule has 0 saturated carbocycles. The van der Waals surface area contributed by atoms with Crippen LogP contribution >= 0.6 is 0 Å². The largest absolute Gasteiger partial charge is 0.444 e. The summed E-state index contributed by atoms with van der Waals surface area (Å²) in [6.07, 6.45) is 5.72. The van der Waals surface area contributed by atoms with Crippen LogP contribution in [0, 0.1) is 13.8 Å². The van der Waals surface area contributed by atoms with Gasteiger partial charge in [-0.15, -0.1) is 0 Å². The molecule has 1 aromatic heterocycles. The van der Waals surface area contributed by atoms with Crippen LogP contribution in [0.15, 0.2) is 4.42 Å². The van der Waals surface area contributed by atoms with Gasteiger partial charge in [-0.2, -0.15) is 0 Å². The molecule has 3 heterocycles. The van der Waals surface area contributed by atoms with Crippen LogP contribution in [0.5, 0.6) is 0 Å². The van der Waals surface area contributed by atoms with Crippen LogP contribution in [0.1, 0.15) is 63.3 Å². The van der Waals surface area contributed by atoms with Crippen LogP contribution in [-0.2, 0) is 11.3 Å². The van der Waals surface area contributed by atoms with E-state index in [1.807, 2.05) is 13.8 Å². The van der Waals surface area contributed by atoms with E-state index in [0.29, 0.717) is 11.9 Å². The SMILES string of the molecule is CCC1CCCCN1C(=O)C(C)N1CCCN(Cc2nc(C)c(C)o2)CC1. The second kappa shape index (κ2) is 9.20. The minimum Gasteiger partial charge on any atom is -0.444 e. The molecule has 2 unspecified atom stereocenters. The molecule has 2 saturated heterocycles. The molecular weight excluding hydrogens is 340 g/mol. The highest BCUT2D eigenvalue weighted by Gasteiger charge is 2.32. The predicted octanol–water partition coefficient (Wildman–Crippen LogP) is 2.98. The van der Waals surface area contributed by atoms with Gasteiger partial charge in [0.15, 0.2) is 0 Å². The third-order valence-electron chi connectivity index (χ3n) is 6.34. The number of aromatic nitrogens is 1. The maximum Gasteiger partial charge on any atom is 0.239 e. The lowest BCUT2D eigenvalue weighted by Gasteiger charge is -2.39. The van der Waals surface area contributed by atoms with E-state index in [2.05, 4.69) is 33.5 Å². The van der Waals surface area contributed by atoms with Gasteiger partial charge in [0.2, 0.25) is 11.8 Å². The summed E-state index contributed by atoms with van der Waals surface area (Å²) in [7, 11) is 0. The van der Waals surface area contributed by atoms with Gasteiger partial charge >= 0.3 is 0 Å². The number of piperidine rings is 1. The number of hydrogen-bond donors (Lipinski definition) is 0.